The molecule has 0 atom stereocenters. The van der Waals surface area contributed by atoms with Gasteiger partial charge in [0.1, 0.15) is 12.4 Å². The number of hydrogen-bond acceptors (Lipinski definition) is 2. The number of amides is 1. The van der Waals surface area contributed by atoms with Crippen LogP contribution in [0.15, 0.2) is 55.1 Å². The Bertz CT molecular complexity index is 842. The first kappa shape index (κ1) is 17.3. The molecule has 0 radical (unpaired) electrons. The lowest BCUT2D eigenvalue weighted by molar-refractivity contribution is -0.113. The van der Waals surface area contributed by atoms with Crippen molar-refractivity contribution in [2.45, 2.75) is 13.3 Å². The van der Waals surface area contributed by atoms with Crippen LogP contribution in [0.5, 0.6) is 5.75 Å². The van der Waals surface area contributed by atoms with Crippen molar-refractivity contribution in [2.24, 2.45) is 0 Å². The molecule has 0 unspecified atom stereocenters. The number of ether oxygens (including phenoxy) is 1. The number of hydrogen-bond donors (Lipinski definition) is 0. The summed E-state index contributed by atoms with van der Waals surface area (Å²) in [6, 6.07) is 13.4. The van der Waals surface area contributed by atoms with Crippen LogP contribution in [0.4, 0.5) is 5.69 Å². The maximum atomic E-state index is 12.8. The number of halogens is 1. The summed E-state index contributed by atoms with van der Waals surface area (Å²) in [6.45, 7) is 6.80. The van der Waals surface area contributed by atoms with E-state index in [1.807, 2.05) is 53.4 Å². The standard InChI is InChI=1S/C21H20ClNO2/c1-3-11-23-19-8-6-5-7-16(19)17(21(23)24)13-15-9-10-20(18(22)14-15)25-12-4-2/h4-10,13-14H,2-3,11-12H2,1H3/b17-13-. The van der Waals surface area contributed by atoms with E-state index in [0.29, 0.717) is 29.5 Å². The van der Waals surface area contributed by atoms with E-state index < -0.39 is 0 Å². The Hall–Kier alpha value is -2.52. The largest absolute Gasteiger partial charge is 0.488 e. The number of para-hydroxylation sites is 1. The molecule has 128 valence electrons. The fourth-order valence-electron chi connectivity index (χ4n) is 2.93. The maximum absolute atomic E-state index is 12.8. The van der Waals surface area contributed by atoms with Gasteiger partial charge in [0.2, 0.25) is 0 Å². The van der Waals surface area contributed by atoms with Crippen molar-refractivity contribution in [3.63, 3.8) is 0 Å². The lowest BCUT2D eigenvalue weighted by Crippen LogP contribution is -2.26. The first-order valence-corrected chi connectivity index (χ1v) is 8.69. The van der Waals surface area contributed by atoms with E-state index in [9.17, 15) is 4.79 Å². The van der Waals surface area contributed by atoms with Gasteiger partial charge in [0, 0.05) is 17.7 Å². The number of nitrogens with zero attached hydrogens (tertiary/aromatic N) is 1. The SMILES string of the molecule is C=CCOc1ccc(/C=C2\C(=O)N(CCC)c3ccccc32)cc1Cl. The topological polar surface area (TPSA) is 29.5 Å². The van der Waals surface area contributed by atoms with Crippen molar-refractivity contribution < 1.29 is 9.53 Å². The van der Waals surface area contributed by atoms with E-state index in [-0.39, 0.29) is 5.91 Å². The average Bonchev–Trinajstić information content (AvgIpc) is 2.87. The van der Waals surface area contributed by atoms with Crippen LogP contribution in [-0.4, -0.2) is 19.1 Å². The van der Waals surface area contributed by atoms with Crippen molar-refractivity contribution >= 4 is 34.8 Å². The van der Waals surface area contributed by atoms with Crippen LogP contribution < -0.4 is 9.64 Å². The molecule has 0 saturated heterocycles. The zero-order chi connectivity index (χ0) is 17.8. The molecule has 1 amide bonds. The molecule has 1 aliphatic rings. The summed E-state index contributed by atoms with van der Waals surface area (Å²) in [7, 11) is 0. The van der Waals surface area contributed by atoms with Crippen molar-refractivity contribution in [3.05, 3.63) is 71.3 Å². The van der Waals surface area contributed by atoms with E-state index in [0.717, 1.165) is 23.2 Å². The van der Waals surface area contributed by atoms with Gasteiger partial charge >= 0.3 is 0 Å². The minimum absolute atomic E-state index is 0.0335. The van der Waals surface area contributed by atoms with Gasteiger partial charge in [0.25, 0.3) is 5.91 Å². The number of benzene rings is 2. The Labute approximate surface area is 153 Å². The number of carbonyl (C=O) groups is 1. The van der Waals surface area contributed by atoms with Gasteiger partial charge < -0.3 is 9.64 Å². The molecule has 0 fully saturated rings. The Morgan fingerprint density at radius 2 is 2.04 bits per heavy atom. The highest BCUT2D eigenvalue weighted by Gasteiger charge is 2.31. The second-order valence-electron chi connectivity index (χ2n) is 5.82. The van der Waals surface area contributed by atoms with E-state index in [1.54, 1.807) is 6.08 Å². The molecular weight excluding hydrogens is 334 g/mol. The highest BCUT2D eigenvalue weighted by atomic mass is 35.5. The summed E-state index contributed by atoms with van der Waals surface area (Å²) in [4.78, 5) is 14.7. The van der Waals surface area contributed by atoms with Gasteiger partial charge in [-0.1, -0.05) is 55.4 Å². The molecular formula is C21H20ClNO2. The molecule has 0 saturated carbocycles. The van der Waals surface area contributed by atoms with Gasteiger partial charge in [-0.05, 0) is 36.3 Å². The number of fused-ring (bicyclic) bond motifs is 1. The second kappa shape index (κ2) is 7.58. The average molecular weight is 354 g/mol. The minimum Gasteiger partial charge on any atom is -0.488 e. The summed E-state index contributed by atoms with van der Waals surface area (Å²) < 4.78 is 5.49. The zero-order valence-corrected chi connectivity index (χ0v) is 14.9. The highest BCUT2D eigenvalue weighted by molar-refractivity contribution is 6.36. The van der Waals surface area contributed by atoms with Crippen LogP contribution in [0.2, 0.25) is 5.02 Å². The lowest BCUT2D eigenvalue weighted by atomic mass is 10.0. The lowest BCUT2D eigenvalue weighted by Gasteiger charge is -2.15. The van der Waals surface area contributed by atoms with Gasteiger partial charge in [0.05, 0.1) is 10.7 Å². The van der Waals surface area contributed by atoms with E-state index >= 15 is 0 Å². The minimum atomic E-state index is 0.0335. The Morgan fingerprint density at radius 3 is 2.76 bits per heavy atom. The van der Waals surface area contributed by atoms with Crippen molar-refractivity contribution in [2.75, 3.05) is 18.1 Å². The first-order valence-electron chi connectivity index (χ1n) is 8.32. The smallest absolute Gasteiger partial charge is 0.258 e. The predicted molar refractivity (Wildman–Crippen MR) is 104 cm³/mol. The summed E-state index contributed by atoms with van der Waals surface area (Å²) >= 11 is 6.28. The fraction of sp³-hybridized carbons (Fsp3) is 0.190. The molecule has 4 heteroatoms. The van der Waals surface area contributed by atoms with Gasteiger partial charge in [-0.3, -0.25) is 4.79 Å². The van der Waals surface area contributed by atoms with Crippen molar-refractivity contribution in [3.8, 4) is 5.75 Å². The predicted octanol–water partition coefficient (Wildman–Crippen LogP) is 5.20. The third-order valence-electron chi connectivity index (χ3n) is 4.03. The number of anilines is 1. The third-order valence-corrected chi connectivity index (χ3v) is 4.33. The molecule has 1 heterocycles. The molecule has 0 spiro atoms. The van der Waals surface area contributed by atoms with Crippen LogP contribution in [0.1, 0.15) is 24.5 Å². The number of rotatable bonds is 6. The van der Waals surface area contributed by atoms with Crippen LogP contribution in [0.3, 0.4) is 0 Å². The Kier molecular flexibility index (Phi) is 5.25. The van der Waals surface area contributed by atoms with Gasteiger partial charge in [-0.15, -0.1) is 0 Å². The van der Waals surface area contributed by atoms with E-state index in [1.165, 1.54) is 0 Å². The molecule has 25 heavy (non-hydrogen) atoms. The highest BCUT2D eigenvalue weighted by Crippen LogP contribution is 2.38. The summed E-state index contributed by atoms with van der Waals surface area (Å²) in [5.74, 6) is 0.639. The molecule has 1 aliphatic heterocycles. The molecule has 3 nitrogen and oxygen atoms in total. The van der Waals surface area contributed by atoms with Gasteiger partial charge in [-0.2, -0.15) is 0 Å². The second-order valence-corrected chi connectivity index (χ2v) is 6.23. The maximum Gasteiger partial charge on any atom is 0.258 e. The first-order chi connectivity index (χ1) is 12.2. The molecule has 2 aromatic rings. The molecule has 0 aliphatic carbocycles. The molecule has 2 aromatic carbocycles. The van der Waals surface area contributed by atoms with Crippen LogP contribution in [-0.2, 0) is 4.79 Å². The van der Waals surface area contributed by atoms with Crippen molar-refractivity contribution in [1.29, 1.82) is 0 Å². The van der Waals surface area contributed by atoms with E-state index in [4.69, 9.17) is 16.3 Å². The van der Waals surface area contributed by atoms with E-state index in [2.05, 4.69) is 13.5 Å². The van der Waals surface area contributed by atoms with Crippen molar-refractivity contribution in [1.82, 2.24) is 0 Å². The van der Waals surface area contributed by atoms with Crippen LogP contribution in [0.25, 0.3) is 11.6 Å². The molecule has 3 rings (SSSR count). The Balaban J connectivity index is 1.97. The fourth-order valence-corrected chi connectivity index (χ4v) is 3.17. The molecule has 0 bridgehead atoms. The summed E-state index contributed by atoms with van der Waals surface area (Å²) in [5, 5.41) is 0.514. The Morgan fingerprint density at radius 1 is 1.24 bits per heavy atom. The third kappa shape index (κ3) is 3.47. The zero-order valence-electron chi connectivity index (χ0n) is 14.2. The van der Waals surface area contributed by atoms with Gasteiger partial charge in [0.15, 0.2) is 0 Å². The van der Waals surface area contributed by atoms with Crippen LogP contribution >= 0.6 is 11.6 Å². The molecule has 0 N–H and O–H groups in total. The van der Waals surface area contributed by atoms with Gasteiger partial charge in [-0.25, -0.2) is 0 Å². The summed E-state index contributed by atoms with van der Waals surface area (Å²) in [5.41, 5.74) is 3.49. The quantitative estimate of drug-likeness (QED) is 0.527. The summed E-state index contributed by atoms with van der Waals surface area (Å²) in [6.07, 6.45) is 4.47. The van der Waals surface area contributed by atoms with Crippen LogP contribution in [0, 0.1) is 0 Å². The normalized spacial score (nSPS) is 14.7. The number of carbonyl (C=O) groups excluding carboxylic acids is 1. The monoisotopic (exact) mass is 353 g/mol. The molecule has 0 aromatic heterocycles.